The Balaban J connectivity index is 0.00000289. The van der Waals surface area contributed by atoms with Crippen LogP contribution in [0.3, 0.4) is 0 Å². The van der Waals surface area contributed by atoms with E-state index in [1.807, 2.05) is 6.07 Å². The summed E-state index contributed by atoms with van der Waals surface area (Å²) in [5.74, 6) is 0.930. The molecule has 1 aromatic heterocycles. The number of halogens is 1. The number of rotatable bonds is 6. The van der Waals surface area contributed by atoms with Crippen LogP contribution < -0.4 is 5.73 Å². The summed E-state index contributed by atoms with van der Waals surface area (Å²) in [5.41, 5.74) is 6.73. The van der Waals surface area contributed by atoms with Gasteiger partial charge in [0.25, 0.3) is 0 Å². The molecule has 0 bridgehead atoms. The van der Waals surface area contributed by atoms with E-state index in [1.54, 1.807) is 0 Å². The number of hydrogen-bond acceptors (Lipinski definition) is 5. The highest BCUT2D eigenvalue weighted by Crippen LogP contribution is 2.19. The first kappa shape index (κ1) is 17.1. The minimum Gasteiger partial charge on any atom is -0.469 e. The Hall–Kier alpha value is -0.880. The van der Waals surface area contributed by atoms with Crippen molar-refractivity contribution in [2.45, 2.75) is 39.2 Å². The molecule has 0 aliphatic heterocycles. The zero-order chi connectivity index (χ0) is 12.8. The van der Waals surface area contributed by atoms with Crippen LogP contribution in [0.5, 0.6) is 0 Å². The maximum Gasteiger partial charge on any atom is 0.305 e. The summed E-state index contributed by atoms with van der Waals surface area (Å²) < 4.78 is 9.68. The maximum atomic E-state index is 11.0. The van der Waals surface area contributed by atoms with Gasteiger partial charge in [0, 0.05) is 12.5 Å². The molecule has 0 fully saturated rings. The van der Waals surface area contributed by atoms with Crippen LogP contribution in [0.25, 0.3) is 0 Å². The molecule has 2 N–H and O–H groups in total. The predicted molar refractivity (Wildman–Crippen MR) is 73.5 cm³/mol. The second kappa shape index (κ2) is 8.26. The summed E-state index contributed by atoms with van der Waals surface area (Å²) in [6.45, 7) is 4.22. The molecule has 0 saturated heterocycles. The number of carbonyl (C=O) groups excluding carboxylic acids is 1. The average molecular weight is 321 g/mol. The van der Waals surface area contributed by atoms with Gasteiger partial charge in [0.1, 0.15) is 11.5 Å². The van der Waals surface area contributed by atoms with E-state index in [1.165, 1.54) is 7.11 Å². The fourth-order valence-corrected chi connectivity index (χ4v) is 1.58. The normalized spacial score (nSPS) is 12.1. The van der Waals surface area contributed by atoms with Gasteiger partial charge >= 0.3 is 5.97 Å². The fraction of sp³-hybridized carbons (Fsp3) is 0.667. The third kappa shape index (κ3) is 5.64. The van der Waals surface area contributed by atoms with Crippen molar-refractivity contribution in [3.63, 3.8) is 0 Å². The standard InChI is InChI=1S/C12H20N2O3.BrH/c1-8(2)6-10(13)11-7-9(17-14-11)4-5-12(15)16-3;/h7-8,10H,4-6,13H2,1-3H3;1H. The average Bonchev–Trinajstić information content (AvgIpc) is 2.73. The number of ether oxygens (including phenoxy) is 1. The molecule has 1 heterocycles. The zero-order valence-corrected chi connectivity index (χ0v) is 12.7. The first-order valence-corrected chi connectivity index (χ1v) is 5.80. The molecule has 0 radical (unpaired) electrons. The van der Waals surface area contributed by atoms with Gasteiger partial charge in [0.05, 0.1) is 19.6 Å². The van der Waals surface area contributed by atoms with Crippen LogP contribution in [-0.2, 0) is 16.0 Å². The first-order valence-electron chi connectivity index (χ1n) is 5.80. The number of esters is 1. The fourth-order valence-electron chi connectivity index (χ4n) is 1.58. The largest absolute Gasteiger partial charge is 0.469 e. The van der Waals surface area contributed by atoms with Gasteiger partial charge in [-0.25, -0.2) is 0 Å². The molecule has 1 unspecified atom stereocenters. The number of nitrogens with zero attached hydrogens (tertiary/aromatic N) is 1. The van der Waals surface area contributed by atoms with Crippen LogP contribution in [0.2, 0.25) is 0 Å². The van der Waals surface area contributed by atoms with Gasteiger partial charge < -0.3 is 15.0 Å². The zero-order valence-electron chi connectivity index (χ0n) is 11.0. The second-order valence-electron chi connectivity index (χ2n) is 4.53. The van der Waals surface area contributed by atoms with Gasteiger partial charge in [-0.05, 0) is 12.3 Å². The summed E-state index contributed by atoms with van der Waals surface area (Å²) in [5, 5.41) is 3.92. The highest BCUT2D eigenvalue weighted by Gasteiger charge is 2.14. The van der Waals surface area contributed by atoms with Gasteiger partial charge in [-0.2, -0.15) is 0 Å². The minimum absolute atomic E-state index is 0. The molecule has 0 saturated carbocycles. The Bertz CT molecular complexity index is 366. The Kier molecular flexibility index (Phi) is 7.86. The lowest BCUT2D eigenvalue weighted by Gasteiger charge is -2.09. The molecular formula is C12H21BrN2O3. The molecule has 0 aliphatic carbocycles. The van der Waals surface area contributed by atoms with Gasteiger partial charge in [-0.15, -0.1) is 17.0 Å². The van der Waals surface area contributed by atoms with Crippen molar-refractivity contribution in [3.05, 3.63) is 17.5 Å². The van der Waals surface area contributed by atoms with Gasteiger partial charge in [-0.3, -0.25) is 4.79 Å². The quantitative estimate of drug-likeness (QED) is 0.814. The number of carbonyl (C=O) groups is 1. The van der Waals surface area contributed by atoms with E-state index in [9.17, 15) is 4.79 Å². The summed E-state index contributed by atoms with van der Waals surface area (Å²) >= 11 is 0. The molecule has 0 aromatic carbocycles. The molecule has 104 valence electrons. The van der Waals surface area contributed by atoms with Gasteiger partial charge in [0.2, 0.25) is 0 Å². The van der Waals surface area contributed by atoms with Crippen molar-refractivity contribution in [1.82, 2.24) is 5.16 Å². The number of methoxy groups -OCH3 is 1. The third-order valence-corrected chi connectivity index (χ3v) is 2.49. The van der Waals surface area contributed by atoms with Crippen LogP contribution in [0.4, 0.5) is 0 Å². The van der Waals surface area contributed by atoms with E-state index < -0.39 is 0 Å². The molecule has 0 amide bonds. The smallest absolute Gasteiger partial charge is 0.305 e. The summed E-state index contributed by atoms with van der Waals surface area (Å²) in [6, 6.07) is 1.71. The molecule has 1 rings (SSSR count). The molecule has 1 aromatic rings. The van der Waals surface area contributed by atoms with E-state index >= 15 is 0 Å². The Morgan fingerprint density at radius 2 is 2.22 bits per heavy atom. The summed E-state index contributed by atoms with van der Waals surface area (Å²) in [6.07, 6.45) is 1.65. The van der Waals surface area contributed by atoms with Crippen molar-refractivity contribution in [1.29, 1.82) is 0 Å². The van der Waals surface area contributed by atoms with Crippen molar-refractivity contribution < 1.29 is 14.1 Å². The number of nitrogens with two attached hydrogens (primary N) is 1. The van der Waals surface area contributed by atoms with Crippen molar-refractivity contribution in [2.75, 3.05) is 7.11 Å². The van der Waals surface area contributed by atoms with Crippen LogP contribution in [0.1, 0.15) is 44.2 Å². The van der Waals surface area contributed by atoms with Crippen molar-refractivity contribution >= 4 is 23.0 Å². The van der Waals surface area contributed by atoms with E-state index in [0.717, 1.165) is 12.1 Å². The highest BCUT2D eigenvalue weighted by atomic mass is 79.9. The lowest BCUT2D eigenvalue weighted by Crippen LogP contribution is -2.13. The van der Waals surface area contributed by atoms with Crippen molar-refractivity contribution in [3.8, 4) is 0 Å². The van der Waals surface area contributed by atoms with Crippen LogP contribution in [0, 0.1) is 5.92 Å². The van der Waals surface area contributed by atoms with Crippen molar-refractivity contribution in [2.24, 2.45) is 11.7 Å². The van der Waals surface area contributed by atoms with Crippen LogP contribution in [-0.4, -0.2) is 18.2 Å². The lowest BCUT2D eigenvalue weighted by atomic mass is 10.0. The number of hydrogen-bond donors (Lipinski definition) is 1. The third-order valence-electron chi connectivity index (χ3n) is 2.49. The monoisotopic (exact) mass is 320 g/mol. The van der Waals surface area contributed by atoms with E-state index in [4.69, 9.17) is 10.3 Å². The Morgan fingerprint density at radius 3 is 2.78 bits per heavy atom. The molecule has 18 heavy (non-hydrogen) atoms. The van der Waals surface area contributed by atoms with Crippen LogP contribution >= 0.6 is 17.0 Å². The predicted octanol–water partition coefficient (Wildman–Crippen LogP) is 2.40. The maximum absolute atomic E-state index is 11.0. The Morgan fingerprint density at radius 1 is 1.56 bits per heavy atom. The molecule has 0 aliphatic rings. The lowest BCUT2D eigenvalue weighted by molar-refractivity contribution is -0.140. The van der Waals surface area contributed by atoms with E-state index in [2.05, 4.69) is 23.7 Å². The van der Waals surface area contributed by atoms with Gasteiger partial charge in [-0.1, -0.05) is 19.0 Å². The Labute approximate surface area is 118 Å². The van der Waals surface area contributed by atoms with Crippen LogP contribution in [0.15, 0.2) is 10.6 Å². The topological polar surface area (TPSA) is 78.4 Å². The highest BCUT2D eigenvalue weighted by molar-refractivity contribution is 8.93. The summed E-state index contributed by atoms with van der Waals surface area (Å²) in [4.78, 5) is 11.0. The van der Waals surface area contributed by atoms with Gasteiger partial charge in [0.15, 0.2) is 0 Å². The summed E-state index contributed by atoms with van der Waals surface area (Å²) in [7, 11) is 1.37. The molecule has 1 atom stereocenters. The first-order chi connectivity index (χ1) is 8.02. The minimum atomic E-state index is -0.255. The second-order valence-corrected chi connectivity index (χ2v) is 4.53. The van der Waals surface area contributed by atoms with E-state index in [0.29, 0.717) is 24.5 Å². The molecule has 5 nitrogen and oxygen atoms in total. The molecular weight excluding hydrogens is 300 g/mol. The van der Waals surface area contributed by atoms with E-state index in [-0.39, 0.29) is 29.0 Å². The number of aromatic nitrogens is 1. The molecule has 0 spiro atoms. The SMILES string of the molecule is Br.COC(=O)CCc1cc(C(N)CC(C)C)no1. The molecule has 6 heteroatoms. The number of aryl methyl sites for hydroxylation is 1.